The fraction of sp³-hybridized carbons (Fsp3) is 0.0625. The van der Waals surface area contributed by atoms with Crippen LogP contribution in [-0.2, 0) is 0 Å². The number of methoxy groups -OCH3 is 1. The molecule has 0 aliphatic carbocycles. The Morgan fingerprint density at radius 2 is 2.00 bits per heavy atom. The molecule has 3 rings (SSSR count). The normalized spacial score (nSPS) is 10.7. The summed E-state index contributed by atoms with van der Waals surface area (Å²) in [5.74, 6) is -0.290. The van der Waals surface area contributed by atoms with Gasteiger partial charge in [-0.1, -0.05) is 12.1 Å². The SMILES string of the molecule is COc1cccc2cnc(-c3ccc(O)c(F)c3)cc12. The van der Waals surface area contributed by atoms with Gasteiger partial charge in [0.15, 0.2) is 11.6 Å². The summed E-state index contributed by atoms with van der Waals surface area (Å²) < 4.78 is 18.7. The van der Waals surface area contributed by atoms with Gasteiger partial charge in [-0.3, -0.25) is 4.98 Å². The van der Waals surface area contributed by atoms with Gasteiger partial charge in [0, 0.05) is 22.5 Å². The van der Waals surface area contributed by atoms with Crippen molar-refractivity contribution in [1.82, 2.24) is 4.98 Å². The smallest absolute Gasteiger partial charge is 0.165 e. The molecule has 0 aliphatic rings. The number of halogens is 1. The monoisotopic (exact) mass is 269 g/mol. The number of aromatic hydroxyl groups is 1. The number of aromatic nitrogens is 1. The molecule has 0 aliphatic heterocycles. The van der Waals surface area contributed by atoms with Crippen molar-refractivity contribution < 1.29 is 14.2 Å². The summed E-state index contributed by atoms with van der Waals surface area (Å²) in [6.45, 7) is 0. The summed E-state index contributed by atoms with van der Waals surface area (Å²) in [5, 5.41) is 11.1. The van der Waals surface area contributed by atoms with Crippen LogP contribution in [0.1, 0.15) is 0 Å². The van der Waals surface area contributed by atoms with Crippen LogP contribution >= 0.6 is 0 Å². The number of rotatable bonds is 2. The van der Waals surface area contributed by atoms with E-state index in [-0.39, 0.29) is 5.75 Å². The maximum Gasteiger partial charge on any atom is 0.165 e. The Bertz CT molecular complexity index is 787. The van der Waals surface area contributed by atoms with Crippen LogP contribution in [0.3, 0.4) is 0 Å². The van der Waals surface area contributed by atoms with E-state index in [0.717, 1.165) is 16.5 Å². The molecule has 3 nitrogen and oxygen atoms in total. The average molecular weight is 269 g/mol. The van der Waals surface area contributed by atoms with E-state index in [9.17, 15) is 9.50 Å². The van der Waals surface area contributed by atoms with Crippen LogP contribution in [0, 0.1) is 5.82 Å². The van der Waals surface area contributed by atoms with Crippen molar-refractivity contribution >= 4 is 10.8 Å². The lowest BCUT2D eigenvalue weighted by Crippen LogP contribution is -1.89. The standard InChI is InChI=1S/C16H12FNO2/c1-20-16-4-2-3-11-9-18-14(8-12(11)16)10-5-6-15(19)13(17)7-10/h2-9,19H,1H3. The fourth-order valence-corrected chi connectivity index (χ4v) is 2.14. The predicted octanol–water partition coefficient (Wildman–Crippen LogP) is 3.76. The lowest BCUT2D eigenvalue weighted by molar-refractivity contribution is 0.420. The second-order valence-corrected chi connectivity index (χ2v) is 4.42. The molecule has 100 valence electrons. The number of phenols is 1. The first kappa shape index (κ1) is 12.4. The van der Waals surface area contributed by atoms with Gasteiger partial charge in [-0.25, -0.2) is 4.39 Å². The molecule has 0 unspecified atom stereocenters. The van der Waals surface area contributed by atoms with Crippen LogP contribution in [0.15, 0.2) is 48.7 Å². The molecule has 0 spiro atoms. The maximum atomic E-state index is 13.4. The number of hydrogen-bond acceptors (Lipinski definition) is 3. The molecular weight excluding hydrogens is 257 g/mol. The molecule has 1 aromatic heterocycles. The highest BCUT2D eigenvalue weighted by Gasteiger charge is 2.08. The molecule has 2 aromatic carbocycles. The Kier molecular flexibility index (Phi) is 2.99. The molecular formula is C16H12FNO2. The molecule has 0 radical (unpaired) electrons. The molecule has 0 atom stereocenters. The topological polar surface area (TPSA) is 42.4 Å². The number of hydrogen-bond donors (Lipinski definition) is 1. The van der Waals surface area contributed by atoms with E-state index >= 15 is 0 Å². The first-order chi connectivity index (χ1) is 9.69. The highest BCUT2D eigenvalue weighted by atomic mass is 19.1. The van der Waals surface area contributed by atoms with E-state index in [1.807, 2.05) is 24.3 Å². The largest absolute Gasteiger partial charge is 0.505 e. The Hall–Kier alpha value is -2.62. The number of ether oxygens (including phenoxy) is 1. The highest BCUT2D eigenvalue weighted by molar-refractivity contribution is 5.90. The fourth-order valence-electron chi connectivity index (χ4n) is 2.14. The zero-order valence-electron chi connectivity index (χ0n) is 10.8. The van der Waals surface area contributed by atoms with E-state index in [1.165, 1.54) is 12.1 Å². The van der Waals surface area contributed by atoms with Crippen molar-refractivity contribution in [3.63, 3.8) is 0 Å². The number of phenolic OH excluding ortho intramolecular Hbond substituents is 1. The minimum absolute atomic E-state index is 0.368. The van der Waals surface area contributed by atoms with E-state index in [0.29, 0.717) is 11.3 Å². The summed E-state index contributed by atoms with van der Waals surface area (Å²) in [6, 6.07) is 11.7. The molecule has 0 saturated heterocycles. The Morgan fingerprint density at radius 3 is 2.75 bits per heavy atom. The van der Waals surface area contributed by atoms with E-state index < -0.39 is 5.82 Å². The quantitative estimate of drug-likeness (QED) is 0.770. The Balaban J connectivity index is 2.19. The molecule has 0 saturated carbocycles. The van der Waals surface area contributed by atoms with Crippen LogP contribution in [0.5, 0.6) is 11.5 Å². The van der Waals surface area contributed by atoms with Crippen LogP contribution in [0.2, 0.25) is 0 Å². The Morgan fingerprint density at radius 1 is 1.15 bits per heavy atom. The van der Waals surface area contributed by atoms with Crippen molar-refractivity contribution in [1.29, 1.82) is 0 Å². The Labute approximate surface area is 115 Å². The minimum Gasteiger partial charge on any atom is -0.505 e. The maximum absolute atomic E-state index is 13.4. The third-order valence-corrected chi connectivity index (χ3v) is 3.19. The molecule has 3 aromatic rings. The minimum atomic E-state index is -0.663. The lowest BCUT2D eigenvalue weighted by Gasteiger charge is -2.07. The molecule has 0 bridgehead atoms. The zero-order valence-corrected chi connectivity index (χ0v) is 10.8. The molecule has 4 heteroatoms. The molecule has 0 fully saturated rings. The van der Waals surface area contributed by atoms with Crippen molar-refractivity contribution in [2.24, 2.45) is 0 Å². The van der Waals surface area contributed by atoms with Crippen molar-refractivity contribution in [2.75, 3.05) is 7.11 Å². The van der Waals surface area contributed by atoms with Gasteiger partial charge in [0.2, 0.25) is 0 Å². The van der Waals surface area contributed by atoms with Crippen molar-refractivity contribution in [3.8, 4) is 22.8 Å². The summed E-state index contributed by atoms with van der Waals surface area (Å²) >= 11 is 0. The predicted molar refractivity (Wildman–Crippen MR) is 75.4 cm³/mol. The summed E-state index contributed by atoms with van der Waals surface area (Å²) in [4.78, 5) is 4.32. The van der Waals surface area contributed by atoms with E-state index in [2.05, 4.69) is 4.98 Å². The van der Waals surface area contributed by atoms with Crippen molar-refractivity contribution in [2.45, 2.75) is 0 Å². The van der Waals surface area contributed by atoms with Crippen molar-refractivity contribution in [3.05, 3.63) is 54.5 Å². The first-order valence-electron chi connectivity index (χ1n) is 6.10. The van der Waals surface area contributed by atoms with Gasteiger partial charge in [0.1, 0.15) is 5.75 Å². The highest BCUT2D eigenvalue weighted by Crippen LogP contribution is 2.30. The molecule has 20 heavy (non-hydrogen) atoms. The number of pyridine rings is 1. The van der Waals surface area contributed by atoms with E-state index in [1.54, 1.807) is 19.4 Å². The zero-order chi connectivity index (χ0) is 14.1. The van der Waals surface area contributed by atoms with Gasteiger partial charge < -0.3 is 9.84 Å². The number of fused-ring (bicyclic) bond motifs is 1. The summed E-state index contributed by atoms with van der Waals surface area (Å²) in [5.41, 5.74) is 1.23. The number of nitrogens with zero attached hydrogens (tertiary/aromatic N) is 1. The van der Waals surface area contributed by atoms with Gasteiger partial charge in [-0.05, 0) is 30.3 Å². The van der Waals surface area contributed by atoms with Gasteiger partial charge in [0.25, 0.3) is 0 Å². The summed E-state index contributed by atoms with van der Waals surface area (Å²) in [6.07, 6.45) is 1.72. The third-order valence-electron chi connectivity index (χ3n) is 3.19. The molecule has 1 heterocycles. The lowest BCUT2D eigenvalue weighted by atomic mass is 10.1. The van der Waals surface area contributed by atoms with Gasteiger partial charge in [-0.15, -0.1) is 0 Å². The van der Waals surface area contributed by atoms with E-state index in [4.69, 9.17) is 4.74 Å². The number of benzene rings is 2. The van der Waals surface area contributed by atoms with Gasteiger partial charge in [-0.2, -0.15) is 0 Å². The molecule has 0 amide bonds. The van der Waals surface area contributed by atoms with Gasteiger partial charge in [0.05, 0.1) is 12.8 Å². The van der Waals surface area contributed by atoms with Crippen LogP contribution in [0.25, 0.3) is 22.0 Å². The average Bonchev–Trinajstić information content (AvgIpc) is 2.49. The summed E-state index contributed by atoms with van der Waals surface area (Å²) in [7, 11) is 1.61. The van der Waals surface area contributed by atoms with Crippen LogP contribution in [0.4, 0.5) is 4.39 Å². The van der Waals surface area contributed by atoms with Gasteiger partial charge >= 0.3 is 0 Å². The molecule has 1 N–H and O–H groups in total. The van der Waals surface area contributed by atoms with Crippen LogP contribution < -0.4 is 4.74 Å². The first-order valence-corrected chi connectivity index (χ1v) is 6.10. The third kappa shape index (κ3) is 2.05. The second-order valence-electron chi connectivity index (χ2n) is 4.42. The van der Waals surface area contributed by atoms with Crippen LogP contribution in [-0.4, -0.2) is 17.2 Å². The second kappa shape index (κ2) is 4.81.